The van der Waals surface area contributed by atoms with Gasteiger partial charge < -0.3 is 19.9 Å². The Bertz CT molecular complexity index is 558. The number of rotatable bonds is 10. The van der Waals surface area contributed by atoms with E-state index in [1.807, 2.05) is 20.8 Å². The van der Waals surface area contributed by atoms with Crippen LogP contribution in [0.4, 0.5) is 0 Å². The summed E-state index contributed by atoms with van der Waals surface area (Å²) < 4.78 is 11.1. The second-order valence-corrected chi connectivity index (χ2v) is 5.62. The molecular weight excluding hydrogens is 310 g/mol. The van der Waals surface area contributed by atoms with E-state index in [1.54, 1.807) is 25.1 Å². The van der Waals surface area contributed by atoms with Gasteiger partial charge in [0.1, 0.15) is 6.04 Å². The van der Waals surface area contributed by atoms with Crippen molar-refractivity contribution in [2.75, 3.05) is 13.2 Å². The molecule has 1 amide bonds. The first-order chi connectivity index (χ1) is 11.4. The summed E-state index contributed by atoms with van der Waals surface area (Å²) in [5, 5.41) is 11.9. The number of aliphatic carboxylic acids is 1. The molecule has 1 rings (SSSR count). The first-order valence-electron chi connectivity index (χ1n) is 8.37. The molecule has 24 heavy (non-hydrogen) atoms. The molecule has 134 valence electrons. The van der Waals surface area contributed by atoms with Gasteiger partial charge in [0.15, 0.2) is 11.5 Å². The zero-order valence-electron chi connectivity index (χ0n) is 14.8. The van der Waals surface area contributed by atoms with Gasteiger partial charge in [-0.2, -0.15) is 0 Å². The Hall–Kier alpha value is -2.24. The number of carboxylic acid groups (broad SMARTS) is 1. The number of benzene rings is 1. The van der Waals surface area contributed by atoms with E-state index < -0.39 is 17.9 Å². The van der Waals surface area contributed by atoms with Crippen LogP contribution in [0.25, 0.3) is 0 Å². The molecule has 6 nitrogen and oxygen atoms in total. The lowest BCUT2D eigenvalue weighted by Crippen LogP contribution is -2.45. The van der Waals surface area contributed by atoms with Gasteiger partial charge in [0, 0.05) is 5.56 Å². The molecule has 0 aliphatic rings. The highest BCUT2D eigenvalue weighted by Crippen LogP contribution is 2.28. The molecule has 0 spiro atoms. The molecule has 0 aromatic heterocycles. The highest BCUT2D eigenvalue weighted by atomic mass is 16.5. The molecule has 2 N–H and O–H groups in total. The molecule has 0 bridgehead atoms. The number of carboxylic acids is 1. The average Bonchev–Trinajstić information content (AvgIpc) is 2.57. The van der Waals surface area contributed by atoms with E-state index in [-0.39, 0.29) is 5.92 Å². The van der Waals surface area contributed by atoms with Gasteiger partial charge in [-0.25, -0.2) is 4.79 Å². The third-order valence-corrected chi connectivity index (χ3v) is 3.73. The first-order valence-corrected chi connectivity index (χ1v) is 8.37. The lowest BCUT2D eigenvalue weighted by molar-refractivity contribution is -0.140. The van der Waals surface area contributed by atoms with Gasteiger partial charge in [-0.1, -0.05) is 27.2 Å². The predicted octanol–water partition coefficient (Wildman–Crippen LogP) is 3.10. The number of carbonyl (C=O) groups is 2. The molecule has 0 aliphatic heterocycles. The molecule has 1 aromatic rings. The van der Waals surface area contributed by atoms with E-state index in [0.717, 1.165) is 6.42 Å². The topological polar surface area (TPSA) is 84.9 Å². The van der Waals surface area contributed by atoms with Crippen molar-refractivity contribution in [3.05, 3.63) is 23.8 Å². The third-order valence-electron chi connectivity index (χ3n) is 3.73. The van der Waals surface area contributed by atoms with Crippen LogP contribution >= 0.6 is 0 Å². The van der Waals surface area contributed by atoms with E-state index in [1.165, 1.54) is 0 Å². The van der Waals surface area contributed by atoms with E-state index in [9.17, 15) is 14.7 Å². The number of amides is 1. The summed E-state index contributed by atoms with van der Waals surface area (Å²) in [7, 11) is 0. The van der Waals surface area contributed by atoms with Crippen LogP contribution in [0.2, 0.25) is 0 Å². The van der Waals surface area contributed by atoms with Gasteiger partial charge in [-0.3, -0.25) is 4.79 Å². The van der Waals surface area contributed by atoms with Crippen molar-refractivity contribution < 1.29 is 24.2 Å². The third kappa shape index (κ3) is 5.44. The van der Waals surface area contributed by atoms with Gasteiger partial charge in [-0.15, -0.1) is 0 Å². The van der Waals surface area contributed by atoms with Crippen LogP contribution in [-0.2, 0) is 4.79 Å². The monoisotopic (exact) mass is 337 g/mol. The summed E-state index contributed by atoms with van der Waals surface area (Å²) >= 11 is 0. The Morgan fingerprint density at radius 2 is 1.88 bits per heavy atom. The van der Waals surface area contributed by atoms with Crippen LogP contribution < -0.4 is 14.8 Å². The van der Waals surface area contributed by atoms with E-state index in [0.29, 0.717) is 36.7 Å². The van der Waals surface area contributed by atoms with Gasteiger partial charge in [-0.05, 0) is 37.5 Å². The molecule has 2 atom stereocenters. The normalized spacial score (nSPS) is 13.0. The minimum Gasteiger partial charge on any atom is -0.490 e. The molecule has 0 fully saturated rings. The van der Waals surface area contributed by atoms with Gasteiger partial charge >= 0.3 is 5.97 Å². The number of hydrogen-bond acceptors (Lipinski definition) is 4. The molecule has 0 saturated carbocycles. The van der Waals surface area contributed by atoms with Crippen LogP contribution in [0.5, 0.6) is 11.5 Å². The van der Waals surface area contributed by atoms with Crippen LogP contribution in [0.1, 0.15) is 50.9 Å². The predicted molar refractivity (Wildman–Crippen MR) is 91.7 cm³/mol. The maximum atomic E-state index is 12.4. The summed E-state index contributed by atoms with van der Waals surface area (Å²) in [6.07, 6.45) is 1.52. The maximum absolute atomic E-state index is 12.4. The Labute approximate surface area is 143 Å². The molecule has 1 aromatic carbocycles. The first kappa shape index (κ1) is 19.8. The molecular formula is C18H27NO5. The SMILES string of the molecule is CCCOc1ccc(C(=O)NC(C(=O)O)C(C)CC)cc1OCC. The fraction of sp³-hybridized carbons (Fsp3) is 0.556. The van der Waals surface area contributed by atoms with Crippen LogP contribution in [0.3, 0.4) is 0 Å². The van der Waals surface area contributed by atoms with Gasteiger partial charge in [0.05, 0.1) is 13.2 Å². The molecule has 0 saturated heterocycles. The fourth-order valence-electron chi connectivity index (χ4n) is 2.16. The van der Waals surface area contributed by atoms with Crippen LogP contribution in [-0.4, -0.2) is 36.2 Å². The van der Waals surface area contributed by atoms with Crippen molar-refractivity contribution in [2.45, 2.75) is 46.6 Å². The summed E-state index contributed by atoms with van der Waals surface area (Å²) in [6, 6.07) is 3.95. The standard InChI is InChI=1S/C18H27NO5/c1-5-10-24-14-9-8-13(11-15(14)23-7-3)17(20)19-16(18(21)22)12(4)6-2/h8-9,11-12,16H,5-7,10H2,1-4H3,(H,19,20)(H,21,22). The molecule has 0 aliphatic carbocycles. The Morgan fingerprint density at radius 3 is 2.42 bits per heavy atom. The maximum Gasteiger partial charge on any atom is 0.326 e. The second kappa shape index (κ2) is 9.80. The summed E-state index contributed by atoms with van der Waals surface area (Å²) in [4.78, 5) is 23.7. The number of nitrogens with one attached hydrogen (secondary N) is 1. The largest absolute Gasteiger partial charge is 0.490 e. The Kier molecular flexibility index (Phi) is 8.09. The molecule has 2 unspecified atom stereocenters. The number of ether oxygens (including phenoxy) is 2. The van der Waals surface area contributed by atoms with Crippen molar-refractivity contribution in [1.82, 2.24) is 5.32 Å². The van der Waals surface area contributed by atoms with Crippen LogP contribution in [0.15, 0.2) is 18.2 Å². The van der Waals surface area contributed by atoms with E-state index in [4.69, 9.17) is 9.47 Å². The van der Waals surface area contributed by atoms with Gasteiger partial charge in [0.2, 0.25) is 0 Å². The summed E-state index contributed by atoms with van der Waals surface area (Å²) in [6.45, 7) is 8.54. The molecule has 6 heteroatoms. The minimum atomic E-state index is -1.04. The Morgan fingerprint density at radius 1 is 1.17 bits per heavy atom. The lowest BCUT2D eigenvalue weighted by Gasteiger charge is -2.20. The summed E-state index contributed by atoms with van der Waals surface area (Å²) in [5.74, 6) is -0.581. The average molecular weight is 337 g/mol. The number of carbonyl (C=O) groups excluding carboxylic acids is 1. The van der Waals surface area contributed by atoms with Crippen molar-refractivity contribution in [3.8, 4) is 11.5 Å². The van der Waals surface area contributed by atoms with Crippen molar-refractivity contribution in [3.63, 3.8) is 0 Å². The highest BCUT2D eigenvalue weighted by molar-refractivity contribution is 5.97. The van der Waals surface area contributed by atoms with Crippen molar-refractivity contribution in [2.24, 2.45) is 5.92 Å². The van der Waals surface area contributed by atoms with Crippen LogP contribution in [0, 0.1) is 5.92 Å². The minimum absolute atomic E-state index is 0.162. The fourth-order valence-corrected chi connectivity index (χ4v) is 2.16. The smallest absolute Gasteiger partial charge is 0.326 e. The van der Waals surface area contributed by atoms with Crippen molar-refractivity contribution >= 4 is 11.9 Å². The number of hydrogen-bond donors (Lipinski definition) is 2. The highest BCUT2D eigenvalue weighted by Gasteiger charge is 2.26. The van der Waals surface area contributed by atoms with E-state index in [2.05, 4.69) is 5.32 Å². The zero-order chi connectivity index (χ0) is 18.1. The Balaban J connectivity index is 2.97. The molecule has 0 heterocycles. The quantitative estimate of drug-likeness (QED) is 0.685. The zero-order valence-corrected chi connectivity index (χ0v) is 14.8. The lowest BCUT2D eigenvalue weighted by atomic mass is 9.99. The van der Waals surface area contributed by atoms with Gasteiger partial charge in [0.25, 0.3) is 5.91 Å². The van der Waals surface area contributed by atoms with E-state index >= 15 is 0 Å². The van der Waals surface area contributed by atoms with Crippen molar-refractivity contribution in [1.29, 1.82) is 0 Å². The molecule has 0 radical (unpaired) electrons. The second-order valence-electron chi connectivity index (χ2n) is 5.62. The summed E-state index contributed by atoms with van der Waals surface area (Å²) in [5.41, 5.74) is 0.344.